The molecule has 1 aliphatic rings. The lowest BCUT2D eigenvalue weighted by Gasteiger charge is -2.18. The predicted octanol–water partition coefficient (Wildman–Crippen LogP) is 4.65. The first kappa shape index (κ1) is 19.1. The first-order valence-electron chi connectivity index (χ1n) is 8.15. The first-order valence-corrected chi connectivity index (χ1v) is 9.90. The Labute approximate surface area is 166 Å². The Balaban J connectivity index is 1.64. The van der Waals surface area contributed by atoms with Crippen LogP contribution in [0.15, 0.2) is 53.4 Å². The molecule has 0 spiro atoms. The lowest BCUT2D eigenvalue weighted by molar-refractivity contribution is -0.154. The number of halogens is 2. The highest BCUT2D eigenvalue weighted by atomic mass is 35.5. The number of carbonyl (C=O) groups excluding carboxylic acids is 2. The summed E-state index contributed by atoms with van der Waals surface area (Å²) in [5.41, 5.74) is 0.643. The maximum Gasteiger partial charge on any atom is 0.317 e. The number of hydrogen-bond donors (Lipinski definition) is 1. The molecule has 3 rings (SSSR count). The van der Waals surface area contributed by atoms with Crippen LogP contribution in [-0.4, -0.2) is 23.7 Å². The van der Waals surface area contributed by atoms with Gasteiger partial charge in [0.05, 0.1) is 10.8 Å². The summed E-state index contributed by atoms with van der Waals surface area (Å²) in [5, 5.41) is 3.94. The molecule has 1 atom stereocenters. The molecule has 1 fully saturated rings. The normalized spacial score (nSPS) is 14.5. The van der Waals surface area contributed by atoms with Crippen molar-refractivity contribution < 1.29 is 14.3 Å². The maximum atomic E-state index is 12.5. The highest BCUT2D eigenvalue weighted by Crippen LogP contribution is 2.30. The quantitative estimate of drug-likeness (QED) is 0.534. The molecule has 26 heavy (non-hydrogen) atoms. The van der Waals surface area contributed by atoms with E-state index in [0.717, 1.165) is 12.8 Å². The van der Waals surface area contributed by atoms with Crippen LogP contribution in [-0.2, 0) is 14.3 Å². The Bertz CT molecular complexity index is 797. The molecule has 1 amide bonds. The monoisotopic (exact) mass is 409 g/mol. The molecule has 0 aliphatic heterocycles. The van der Waals surface area contributed by atoms with Crippen molar-refractivity contribution >= 4 is 46.8 Å². The van der Waals surface area contributed by atoms with Crippen LogP contribution in [0.4, 0.5) is 0 Å². The Morgan fingerprint density at radius 3 is 2.58 bits per heavy atom. The molecule has 7 heteroatoms. The van der Waals surface area contributed by atoms with Crippen molar-refractivity contribution in [1.29, 1.82) is 0 Å². The van der Waals surface area contributed by atoms with Gasteiger partial charge in [-0.1, -0.05) is 53.5 Å². The number of nitrogens with one attached hydrogen (secondary N) is 1. The molecule has 0 heterocycles. The minimum absolute atomic E-state index is 0.0279. The van der Waals surface area contributed by atoms with Gasteiger partial charge in [-0.15, -0.1) is 11.8 Å². The number of ether oxygens (including phenoxy) is 1. The second-order valence-electron chi connectivity index (χ2n) is 5.93. The summed E-state index contributed by atoms with van der Waals surface area (Å²) in [5.74, 6) is -0.760. The fourth-order valence-electron chi connectivity index (χ4n) is 2.30. The third-order valence-corrected chi connectivity index (χ3v) is 5.46. The van der Waals surface area contributed by atoms with E-state index in [1.807, 2.05) is 6.07 Å². The van der Waals surface area contributed by atoms with Crippen LogP contribution < -0.4 is 5.32 Å². The van der Waals surface area contributed by atoms with Gasteiger partial charge in [-0.2, -0.15) is 0 Å². The Morgan fingerprint density at radius 1 is 1.15 bits per heavy atom. The summed E-state index contributed by atoms with van der Waals surface area (Å²) in [6.45, 7) is 0. The number of thioether (sulfide) groups is 1. The van der Waals surface area contributed by atoms with Gasteiger partial charge in [-0.3, -0.25) is 9.59 Å². The summed E-state index contributed by atoms with van der Waals surface area (Å²) < 4.78 is 5.47. The van der Waals surface area contributed by atoms with E-state index in [0.29, 0.717) is 20.5 Å². The Morgan fingerprint density at radius 2 is 1.88 bits per heavy atom. The number of amides is 1. The van der Waals surface area contributed by atoms with Crippen LogP contribution in [0.1, 0.15) is 24.5 Å². The van der Waals surface area contributed by atoms with Crippen LogP contribution >= 0.6 is 35.0 Å². The van der Waals surface area contributed by atoms with Crippen LogP contribution in [0.25, 0.3) is 0 Å². The van der Waals surface area contributed by atoms with Crippen molar-refractivity contribution in [3.05, 3.63) is 64.1 Å². The van der Waals surface area contributed by atoms with Gasteiger partial charge < -0.3 is 10.1 Å². The molecule has 4 nitrogen and oxygen atoms in total. The van der Waals surface area contributed by atoms with Gasteiger partial charge in [0.2, 0.25) is 6.10 Å². The number of esters is 1. The molecule has 1 saturated carbocycles. The SMILES string of the molecule is O=C(CSc1cc(Cl)ccc1Cl)O[C@H](C(=O)NC1CC1)c1ccccc1. The summed E-state index contributed by atoms with van der Waals surface area (Å²) in [4.78, 5) is 25.5. The number of hydrogen-bond acceptors (Lipinski definition) is 4. The topological polar surface area (TPSA) is 55.4 Å². The zero-order chi connectivity index (χ0) is 18.5. The van der Waals surface area contributed by atoms with Gasteiger partial charge in [0.15, 0.2) is 0 Å². The van der Waals surface area contributed by atoms with Crippen LogP contribution in [0.2, 0.25) is 10.0 Å². The van der Waals surface area contributed by atoms with Gasteiger partial charge in [0.25, 0.3) is 5.91 Å². The van der Waals surface area contributed by atoms with E-state index in [2.05, 4.69) is 5.32 Å². The first-order chi connectivity index (χ1) is 12.5. The summed E-state index contributed by atoms with van der Waals surface area (Å²) >= 11 is 13.3. The highest BCUT2D eigenvalue weighted by Gasteiger charge is 2.30. The van der Waals surface area contributed by atoms with E-state index in [1.54, 1.807) is 42.5 Å². The van der Waals surface area contributed by atoms with Gasteiger partial charge in [-0.05, 0) is 31.0 Å². The molecule has 0 bridgehead atoms. The van der Waals surface area contributed by atoms with Crippen molar-refractivity contribution in [2.24, 2.45) is 0 Å². The lowest BCUT2D eigenvalue weighted by Crippen LogP contribution is -2.33. The molecule has 2 aromatic carbocycles. The van der Waals surface area contributed by atoms with Gasteiger partial charge in [0, 0.05) is 21.5 Å². The minimum Gasteiger partial charge on any atom is -0.447 e. The van der Waals surface area contributed by atoms with E-state index < -0.39 is 12.1 Å². The number of rotatable bonds is 7. The lowest BCUT2D eigenvalue weighted by atomic mass is 10.1. The maximum absolute atomic E-state index is 12.5. The average Bonchev–Trinajstić information content (AvgIpc) is 3.45. The third-order valence-electron chi connectivity index (χ3n) is 3.75. The van der Waals surface area contributed by atoms with Gasteiger partial charge in [0.1, 0.15) is 0 Å². The molecular weight excluding hydrogens is 393 g/mol. The Kier molecular flexibility index (Phi) is 6.46. The molecule has 0 radical (unpaired) electrons. The average molecular weight is 410 g/mol. The van der Waals surface area contributed by atoms with Crippen LogP contribution in [0, 0.1) is 0 Å². The molecule has 0 unspecified atom stereocenters. The number of benzene rings is 2. The van der Waals surface area contributed by atoms with Gasteiger partial charge in [-0.25, -0.2) is 0 Å². The molecule has 1 aliphatic carbocycles. The van der Waals surface area contributed by atoms with E-state index in [9.17, 15) is 9.59 Å². The second kappa shape index (κ2) is 8.80. The van der Waals surface area contributed by atoms with Crippen LogP contribution in [0.5, 0.6) is 0 Å². The minimum atomic E-state index is -0.959. The van der Waals surface area contributed by atoms with E-state index in [1.165, 1.54) is 11.8 Å². The zero-order valence-electron chi connectivity index (χ0n) is 13.8. The summed E-state index contributed by atoms with van der Waals surface area (Å²) in [6, 6.07) is 14.2. The van der Waals surface area contributed by atoms with Crippen molar-refractivity contribution in [2.75, 3.05) is 5.75 Å². The fourth-order valence-corrected chi connectivity index (χ4v) is 3.57. The highest BCUT2D eigenvalue weighted by molar-refractivity contribution is 8.00. The van der Waals surface area contributed by atoms with Crippen molar-refractivity contribution in [3.63, 3.8) is 0 Å². The van der Waals surface area contributed by atoms with E-state index >= 15 is 0 Å². The smallest absolute Gasteiger partial charge is 0.317 e. The second-order valence-corrected chi connectivity index (χ2v) is 7.79. The standard InChI is InChI=1S/C19H17Cl2NO3S/c20-13-6-9-15(21)16(10-13)26-11-17(23)25-18(12-4-2-1-3-5-12)19(24)22-14-7-8-14/h1-6,9-10,14,18H,7-8,11H2,(H,22,24)/t18-/m0/s1. The summed E-state index contributed by atoms with van der Waals surface area (Å²) in [7, 11) is 0. The molecule has 2 aromatic rings. The van der Waals surface area contributed by atoms with E-state index in [-0.39, 0.29) is 17.7 Å². The zero-order valence-corrected chi connectivity index (χ0v) is 16.1. The van der Waals surface area contributed by atoms with Crippen molar-refractivity contribution in [3.8, 4) is 0 Å². The Hall–Kier alpha value is -1.69. The number of carbonyl (C=O) groups is 2. The molecule has 136 valence electrons. The van der Waals surface area contributed by atoms with Crippen molar-refractivity contribution in [2.45, 2.75) is 29.9 Å². The molecule has 1 N–H and O–H groups in total. The van der Waals surface area contributed by atoms with Gasteiger partial charge >= 0.3 is 5.97 Å². The summed E-state index contributed by atoms with van der Waals surface area (Å²) in [6.07, 6.45) is 0.967. The van der Waals surface area contributed by atoms with E-state index in [4.69, 9.17) is 27.9 Å². The van der Waals surface area contributed by atoms with Crippen molar-refractivity contribution in [1.82, 2.24) is 5.32 Å². The largest absolute Gasteiger partial charge is 0.447 e. The third kappa shape index (κ3) is 5.40. The molecular formula is C19H17Cl2NO3S. The fraction of sp³-hybridized carbons (Fsp3) is 0.263. The van der Waals surface area contributed by atoms with Crippen LogP contribution in [0.3, 0.4) is 0 Å². The molecule has 0 aromatic heterocycles. The molecule has 0 saturated heterocycles. The predicted molar refractivity (Wildman–Crippen MR) is 104 cm³/mol.